The molecule has 0 fully saturated rings. The van der Waals surface area contributed by atoms with E-state index in [9.17, 15) is 8.42 Å². The standard InChI is InChI=1S/C7H14N2O2S/c8-4-2-1-3-6-12(10,11)7-5-9/h1-3,5-7,9H2. The lowest BCUT2D eigenvalue weighted by Crippen LogP contribution is -2.18. The van der Waals surface area contributed by atoms with Crippen LogP contribution in [0.15, 0.2) is 0 Å². The van der Waals surface area contributed by atoms with Crippen LogP contribution in [0, 0.1) is 11.3 Å². The molecule has 0 bridgehead atoms. The molecule has 0 saturated heterocycles. The van der Waals surface area contributed by atoms with Crippen molar-refractivity contribution >= 4 is 9.84 Å². The van der Waals surface area contributed by atoms with Crippen LogP contribution in [0.25, 0.3) is 0 Å². The van der Waals surface area contributed by atoms with E-state index in [1.54, 1.807) is 0 Å². The van der Waals surface area contributed by atoms with E-state index >= 15 is 0 Å². The highest BCUT2D eigenvalue weighted by molar-refractivity contribution is 7.91. The van der Waals surface area contributed by atoms with Crippen molar-refractivity contribution in [1.82, 2.24) is 0 Å². The van der Waals surface area contributed by atoms with Crippen LogP contribution in [0.4, 0.5) is 0 Å². The first-order valence-electron chi connectivity index (χ1n) is 3.90. The van der Waals surface area contributed by atoms with Crippen LogP contribution >= 0.6 is 0 Å². The summed E-state index contributed by atoms with van der Waals surface area (Å²) in [5.41, 5.74) is 5.11. The number of unbranched alkanes of at least 4 members (excludes halogenated alkanes) is 2. The number of nitriles is 1. The van der Waals surface area contributed by atoms with Crippen LogP contribution in [-0.2, 0) is 9.84 Å². The molecule has 0 aromatic carbocycles. The molecule has 0 amide bonds. The van der Waals surface area contributed by atoms with Gasteiger partial charge in [0.2, 0.25) is 0 Å². The zero-order valence-electron chi connectivity index (χ0n) is 6.99. The minimum atomic E-state index is -2.95. The highest BCUT2D eigenvalue weighted by Crippen LogP contribution is 1.99. The number of nitrogens with zero attached hydrogens (tertiary/aromatic N) is 1. The Balaban J connectivity index is 3.57. The lowest BCUT2D eigenvalue weighted by Gasteiger charge is -1.99. The highest BCUT2D eigenvalue weighted by Gasteiger charge is 2.07. The van der Waals surface area contributed by atoms with Gasteiger partial charge in [-0.05, 0) is 12.8 Å². The van der Waals surface area contributed by atoms with E-state index in [-0.39, 0.29) is 18.1 Å². The van der Waals surface area contributed by atoms with Crippen LogP contribution in [0.5, 0.6) is 0 Å². The van der Waals surface area contributed by atoms with E-state index in [0.29, 0.717) is 19.3 Å². The first kappa shape index (κ1) is 11.4. The lowest BCUT2D eigenvalue weighted by molar-refractivity contribution is 0.591. The molecule has 0 aliphatic carbocycles. The highest BCUT2D eigenvalue weighted by atomic mass is 32.2. The molecule has 0 atom stereocenters. The van der Waals surface area contributed by atoms with Crippen LogP contribution in [-0.4, -0.2) is 26.5 Å². The van der Waals surface area contributed by atoms with Gasteiger partial charge >= 0.3 is 0 Å². The third kappa shape index (κ3) is 6.13. The first-order chi connectivity index (χ1) is 5.62. The van der Waals surface area contributed by atoms with Gasteiger partial charge in [0.25, 0.3) is 0 Å². The number of hydrogen-bond donors (Lipinski definition) is 1. The summed E-state index contributed by atoms with van der Waals surface area (Å²) in [5.74, 6) is 0.214. The number of rotatable bonds is 6. The molecule has 0 radical (unpaired) electrons. The monoisotopic (exact) mass is 190 g/mol. The third-order valence-electron chi connectivity index (χ3n) is 1.42. The van der Waals surface area contributed by atoms with Crippen LogP contribution < -0.4 is 5.73 Å². The van der Waals surface area contributed by atoms with Gasteiger partial charge < -0.3 is 5.73 Å². The maximum absolute atomic E-state index is 11.0. The van der Waals surface area contributed by atoms with Crippen LogP contribution in [0.1, 0.15) is 19.3 Å². The maximum Gasteiger partial charge on any atom is 0.151 e. The maximum atomic E-state index is 11.0. The normalized spacial score (nSPS) is 11.0. The van der Waals surface area contributed by atoms with Gasteiger partial charge in [0, 0.05) is 13.0 Å². The van der Waals surface area contributed by atoms with E-state index < -0.39 is 9.84 Å². The molecule has 0 unspecified atom stereocenters. The van der Waals surface area contributed by atoms with Gasteiger partial charge in [0.1, 0.15) is 0 Å². The van der Waals surface area contributed by atoms with Crippen LogP contribution in [0.3, 0.4) is 0 Å². The lowest BCUT2D eigenvalue weighted by atomic mass is 10.3. The molecule has 0 aliphatic heterocycles. The summed E-state index contributed by atoms with van der Waals surface area (Å²) >= 11 is 0. The van der Waals surface area contributed by atoms with Crippen molar-refractivity contribution in [2.24, 2.45) is 5.73 Å². The average molecular weight is 190 g/mol. The quantitative estimate of drug-likeness (QED) is 0.600. The summed E-state index contributed by atoms with van der Waals surface area (Å²) in [4.78, 5) is 0. The van der Waals surface area contributed by atoms with E-state index in [1.807, 2.05) is 6.07 Å². The Morgan fingerprint density at radius 1 is 1.25 bits per heavy atom. The molecule has 4 nitrogen and oxygen atoms in total. The molecule has 0 aliphatic rings. The van der Waals surface area contributed by atoms with Gasteiger partial charge in [0.05, 0.1) is 17.6 Å². The fraction of sp³-hybridized carbons (Fsp3) is 0.857. The average Bonchev–Trinajstić information content (AvgIpc) is 1.98. The zero-order valence-corrected chi connectivity index (χ0v) is 7.81. The van der Waals surface area contributed by atoms with Crippen molar-refractivity contribution in [2.75, 3.05) is 18.1 Å². The Kier molecular flexibility index (Phi) is 5.68. The predicted molar refractivity (Wildman–Crippen MR) is 47.2 cm³/mol. The molecular weight excluding hydrogens is 176 g/mol. The molecule has 0 heterocycles. The first-order valence-corrected chi connectivity index (χ1v) is 5.72. The summed E-state index contributed by atoms with van der Waals surface area (Å²) in [6.45, 7) is 0.181. The fourth-order valence-electron chi connectivity index (χ4n) is 0.808. The Hall–Kier alpha value is -0.600. The van der Waals surface area contributed by atoms with E-state index in [4.69, 9.17) is 11.0 Å². The molecular formula is C7H14N2O2S. The summed E-state index contributed by atoms with van der Waals surface area (Å²) in [6.07, 6.45) is 1.65. The SMILES string of the molecule is N#CCCCCS(=O)(=O)CCN. The van der Waals surface area contributed by atoms with Crippen molar-refractivity contribution in [2.45, 2.75) is 19.3 Å². The van der Waals surface area contributed by atoms with Gasteiger partial charge in [0.15, 0.2) is 9.84 Å². The number of sulfone groups is 1. The summed E-state index contributed by atoms with van der Waals surface area (Å²) in [6, 6.07) is 1.97. The van der Waals surface area contributed by atoms with Crippen molar-refractivity contribution < 1.29 is 8.42 Å². The van der Waals surface area contributed by atoms with Gasteiger partial charge in [-0.25, -0.2) is 8.42 Å². The molecule has 0 rings (SSSR count). The predicted octanol–water partition coefficient (Wildman–Crippen LogP) is 0.0538. The fourth-order valence-corrected chi connectivity index (χ4v) is 2.01. The summed E-state index contributed by atoms with van der Waals surface area (Å²) in [7, 11) is -2.95. The Morgan fingerprint density at radius 3 is 2.42 bits per heavy atom. The minimum absolute atomic E-state index is 0.0551. The second-order valence-corrected chi connectivity index (χ2v) is 4.86. The Bertz CT molecular complexity index is 241. The summed E-state index contributed by atoms with van der Waals surface area (Å²) < 4.78 is 22.1. The molecule has 0 spiro atoms. The van der Waals surface area contributed by atoms with E-state index in [0.717, 1.165) is 0 Å². The Labute approximate surface area is 73.3 Å². The van der Waals surface area contributed by atoms with Crippen molar-refractivity contribution in [3.8, 4) is 6.07 Å². The number of hydrogen-bond acceptors (Lipinski definition) is 4. The van der Waals surface area contributed by atoms with Gasteiger partial charge in [-0.2, -0.15) is 5.26 Å². The molecule has 2 N–H and O–H groups in total. The van der Waals surface area contributed by atoms with Crippen molar-refractivity contribution in [3.63, 3.8) is 0 Å². The van der Waals surface area contributed by atoms with E-state index in [1.165, 1.54) is 0 Å². The smallest absolute Gasteiger partial charge is 0.151 e. The minimum Gasteiger partial charge on any atom is -0.329 e. The van der Waals surface area contributed by atoms with Gasteiger partial charge in [-0.15, -0.1) is 0 Å². The molecule has 0 aromatic rings. The molecule has 5 heteroatoms. The van der Waals surface area contributed by atoms with Crippen LogP contribution in [0.2, 0.25) is 0 Å². The third-order valence-corrected chi connectivity index (χ3v) is 3.19. The van der Waals surface area contributed by atoms with E-state index in [2.05, 4.69) is 0 Å². The van der Waals surface area contributed by atoms with Gasteiger partial charge in [-0.1, -0.05) is 0 Å². The molecule has 12 heavy (non-hydrogen) atoms. The number of nitrogens with two attached hydrogens (primary N) is 1. The summed E-state index contributed by atoms with van der Waals surface area (Å²) in [5, 5.41) is 8.18. The second kappa shape index (κ2) is 5.98. The molecule has 70 valence electrons. The molecule has 0 aromatic heterocycles. The molecule has 0 saturated carbocycles. The topological polar surface area (TPSA) is 84.0 Å². The zero-order chi connectivity index (χ0) is 9.45. The van der Waals surface area contributed by atoms with Crippen molar-refractivity contribution in [3.05, 3.63) is 0 Å². The van der Waals surface area contributed by atoms with Gasteiger partial charge in [-0.3, -0.25) is 0 Å². The second-order valence-electron chi connectivity index (χ2n) is 2.56. The Morgan fingerprint density at radius 2 is 1.92 bits per heavy atom. The largest absolute Gasteiger partial charge is 0.329 e. The van der Waals surface area contributed by atoms with Crippen molar-refractivity contribution in [1.29, 1.82) is 5.26 Å².